The van der Waals surface area contributed by atoms with E-state index in [-0.39, 0.29) is 0 Å². The topological polar surface area (TPSA) is 12.0 Å². The van der Waals surface area contributed by atoms with Crippen LogP contribution in [0.25, 0.3) is 0 Å². The summed E-state index contributed by atoms with van der Waals surface area (Å²) in [5.74, 6) is 7.66. The van der Waals surface area contributed by atoms with Gasteiger partial charge in [0.25, 0.3) is 0 Å². The molecule has 1 fully saturated rings. The molecule has 3 unspecified atom stereocenters. The van der Waals surface area contributed by atoms with E-state index in [2.05, 4.69) is 31.0 Å². The van der Waals surface area contributed by atoms with E-state index in [1.165, 1.54) is 12.8 Å². The Hall–Kier alpha value is -0.480. The summed E-state index contributed by atoms with van der Waals surface area (Å²) < 4.78 is 0. The molecule has 0 aliphatic heterocycles. The minimum atomic E-state index is 0.709. The second-order valence-corrected chi connectivity index (χ2v) is 3.83. The maximum Gasteiger partial charge on any atom is 0.0578 e. The summed E-state index contributed by atoms with van der Waals surface area (Å²) in [6.07, 6.45) is 2.70. The molecule has 0 saturated heterocycles. The third kappa shape index (κ3) is 2.25. The van der Waals surface area contributed by atoms with Crippen LogP contribution >= 0.6 is 0 Å². The molecule has 1 aliphatic carbocycles. The second-order valence-electron chi connectivity index (χ2n) is 3.83. The number of hydrogen-bond donors (Lipinski definition) is 1. The molecule has 0 aromatic rings. The van der Waals surface area contributed by atoms with Crippen LogP contribution in [0.15, 0.2) is 0 Å². The fourth-order valence-corrected chi connectivity index (χ4v) is 1.92. The number of nitrogens with one attached hydrogen (secondary N) is 1. The van der Waals surface area contributed by atoms with Crippen LogP contribution < -0.4 is 5.32 Å². The van der Waals surface area contributed by atoms with Crippen molar-refractivity contribution < 1.29 is 0 Å². The van der Waals surface area contributed by atoms with Crippen LogP contribution in [0.2, 0.25) is 0 Å². The van der Waals surface area contributed by atoms with E-state index in [9.17, 15) is 0 Å². The van der Waals surface area contributed by atoms with Gasteiger partial charge in [0.15, 0.2) is 0 Å². The lowest BCUT2D eigenvalue weighted by Gasteiger charge is -2.17. The quantitative estimate of drug-likeness (QED) is 0.617. The molecule has 1 rings (SSSR count). The highest BCUT2D eigenvalue weighted by atomic mass is 14.9. The average molecular weight is 165 g/mol. The SMILES string of the molecule is CC#CCNC1CCC(C)C1C. The van der Waals surface area contributed by atoms with Gasteiger partial charge in [0, 0.05) is 6.04 Å². The first-order valence-corrected chi connectivity index (χ1v) is 4.88. The monoisotopic (exact) mass is 165 g/mol. The van der Waals surface area contributed by atoms with Crippen molar-refractivity contribution in [1.82, 2.24) is 5.32 Å². The second kappa shape index (κ2) is 4.52. The molecule has 1 aliphatic rings. The van der Waals surface area contributed by atoms with Crippen molar-refractivity contribution in [2.24, 2.45) is 11.8 Å². The Morgan fingerprint density at radius 2 is 2.08 bits per heavy atom. The van der Waals surface area contributed by atoms with Gasteiger partial charge in [-0.2, -0.15) is 0 Å². The minimum absolute atomic E-state index is 0.709. The molecule has 68 valence electrons. The molecule has 0 amide bonds. The normalized spacial score (nSPS) is 34.4. The van der Waals surface area contributed by atoms with Gasteiger partial charge < -0.3 is 5.32 Å². The predicted octanol–water partition coefficient (Wildman–Crippen LogP) is 2.03. The fourth-order valence-electron chi connectivity index (χ4n) is 1.92. The smallest absolute Gasteiger partial charge is 0.0578 e. The van der Waals surface area contributed by atoms with Crippen LogP contribution in [0.4, 0.5) is 0 Å². The molecule has 0 spiro atoms. The molecule has 0 radical (unpaired) electrons. The number of hydrogen-bond acceptors (Lipinski definition) is 1. The molecule has 0 aromatic heterocycles. The highest BCUT2D eigenvalue weighted by Crippen LogP contribution is 2.30. The maximum atomic E-state index is 3.49. The van der Waals surface area contributed by atoms with Crippen LogP contribution in [-0.2, 0) is 0 Å². The standard InChI is InChI=1S/C11H19N/c1-4-5-8-12-11-7-6-9(2)10(11)3/h9-12H,6-8H2,1-3H3. The van der Waals surface area contributed by atoms with E-state index in [1.807, 2.05) is 6.92 Å². The van der Waals surface area contributed by atoms with Gasteiger partial charge in [-0.3, -0.25) is 0 Å². The average Bonchev–Trinajstić information content (AvgIpc) is 2.36. The molecule has 1 saturated carbocycles. The van der Waals surface area contributed by atoms with Crippen molar-refractivity contribution in [3.8, 4) is 11.8 Å². The van der Waals surface area contributed by atoms with Gasteiger partial charge in [-0.15, -0.1) is 5.92 Å². The van der Waals surface area contributed by atoms with E-state index in [0.29, 0.717) is 6.04 Å². The fraction of sp³-hybridized carbons (Fsp3) is 0.818. The zero-order valence-electron chi connectivity index (χ0n) is 8.35. The van der Waals surface area contributed by atoms with Crippen molar-refractivity contribution in [3.05, 3.63) is 0 Å². The van der Waals surface area contributed by atoms with Crippen molar-refractivity contribution in [3.63, 3.8) is 0 Å². The van der Waals surface area contributed by atoms with Crippen molar-refractivity contribution in [2.45, 2.75) is 39.7 Å². The Labute approximate surface area is 75.9 Å². The molecule has 0 bridgehead atoms. The van der Waals surface area contributed by atoms with Crippen LogP contribution in [0, 0.1) is 23.7 Å². The Morgan fingerprint density at radius 1 is 1.33 bits per heavy atom. The summed E-state index contributed by atoms with van der Waals surface area (Å²) in [5, 5.41) is 3.49. The van der Waals surface area contributed by atoms with E-state index in [1.54, 1.807) is 0 Å². The lowest BCUT2D eigenvalue weighted by Crippen LogP contribution is -2.32. The summed E-state index contributed by atoms with van der Waals surface area (Å²) in [4.78, 5) is 0. The van der Waals surface area contributed by atoms with E-state index < -0.39 is 0 Å². The zero-order chi connectivity index (χ0) is 8.97. The Kier molecular flexibility index (Phi) is 3.62. The van der Waals surface area contributed by atoms with E-state index >= 15 is 0 Å². The summed E-state index contributed by atoms with van der Waals surface area (Å²) in [6.45, 7) is 7.44. The summed E-state index contributed by atoms with van der Waals surface area (Å²) >= 11 is 0. The van der Waals surface area contributed by atoms with Gasteiger partial charge >= 0.3 is 0 Å². The molecule has 0 aromatic carbocycles. The Bertz CT molecular complexity index is 187. The first-order chi connectivity index (χ1) is 5.75. The third-order valence-corrected chi connectivity index (χ3v) is 3.09. The van der Waals surface area contributed by atoms with Gasteiger partial charge in [-0.1, -0.05) is 19.8 Å². The first kappa shape index (κ1) is 9.61. The van der Waals surface area contributed by atoms with Gasteiger partial charge in [-0.25, -0.2) is 0 Å². The Balaban J connectivity index is 2.27. The minimum Gasteiger partial charge on any atom is -0.303 e. The van der Waals surface area contributed by atoms with Crippen molar-refractivity contribution in [2.75, 3.05) is 6.54 Å². The molecule has 1 heteroatoms. The summed E-state index contributed by atoms with van der Waals surface area (Å²) in [5.41, 5.74) is 0. The lowest BCUT2D eigenvalue weighted by molar-refractivity contribution is 0.381. The Morgan fingerprint density at radius 3 is 2.58 bits per heavy atom. The van der Waals surface area contributed by atoms with Gasteiger partial charge in [0.05, 0.1) is 6.54 Å². The van der Waals surface area contributed by atoms with Gasteiger partial charge in [0.1, 0.15) is 0 Å². The summed E-state index contributed by atoms with van der Waals surface area (Å²) in [6, 6.07) is 0.709. The molecule has 1 nitrogen and oxygen atoms in total. The van der Waals surface area contributed by atoms with Crippen LogP contribution in [0.1, 0.15) is 33.6 Å². The van der Waals surface area contributed by atoms with Crippen molar-refractivity contribution in [1.29, 1.82) is 0 Å². The molecular formula is C11H19N. The highest BCUT2D eigenvalue weighted by Gasteiger charge is 2.28. The molecule has 1 N–H and O–H groups in total. The zero-order valence-corrected chi connectivity index (χ0v) is 8.35. The van der Waals surface area contributed by atoms with Crippen LogP contribution in [-0.4, -0.2) is 12.6 Å². The van der Waals surface area contributed by atoms with Crippen molar-refractivity contribution >= 4 is 0 Å². The van der Waals surface area contributed by atoms with Gasteiger partial charge in [-0.05, 0) is 31.6 Å². The predicted molar refractivity (Wildman–Crippen MR) is 52.8 cm³/mol. The summed E-state index contributed by atoms with van der Waals surface area (Å²) in [7, 11) is 0. The number of rotatable bonds is 2. The van der Waals surface area contributed by atoms with Gasteiger partial charge in [0.2, 0.25) is 0 Å². The third-order valence-electron chi connectivity index (χ3n) is 3.09. The lowest BCUT2D eigenvalue weighted by atomic mass is 9.98. The highest BCUT2D eigenvalue weighted by molar-refractivity contribution is 4.98. The molecule has 12 heavy (non-hydrogen) atoms. The maximum absolute atomic E-state index is 3.49. The largest absolute Gasteiger partial charge is 0.303 e. The van der Waals surface area contributed by atoms with Crippen LogP contribution in [0.5, 0.6) is 0 Å². The first-order valence-electron chi connectivity index (χ1n) is 4.88. The van der Waals surface area contributed by atoms with Crippen LogP contribution in [0.3, 0.4) is 0 Å². The van der Waals surface area contributed by atoms with E-state index in [4.69, 9.17) is 0 Å². The molecule has 3 atom stereocenters. The van der Waals surface area contributed by atoms with E-state index in [0.717, 1.165) is 18.4 Å². The molecular weight excluding hydrogens is 146 g/mol. The molecule has 0 heterocycles.